The number of carbonyl (C=O) groups excluding carboxylic acids is 1. The molecule has 0 aliphatic carbocycles. The van der Waals surface area contributed by atoms with Crippen LogP contribution in [0.3, 0.4) is 0 Å². The maximum Gasteiger partial charge on any atom is 0.234 e. The zero-order chi connectivity index (χ0) is 17.6. The molecule has 25 heavy (non-hydrogen) atoms. The number of nitrogens with zero attached hydrogens (tertiary/aromatic N) is 3. The molecule has 7 heteroatoms. The van der Waals surface area contributed by atoms with E-state index in [1.165, 1.54) is 0 Å². The Labute approximate surface area is 157 Å². The summed E-state index contributed by atoms with van der Waals surface area (Å²) in [5.74, 6) is 0.791. The third-order valence-electron chi connectivity index (χ3n) is 4.16. The van der Waals surface area contributed by atoms with Crippen LogP contribution >= 0.6 is 23.2 Å². The van der Waals surface area contributed by atoms with Crippen molar-refractivity contribution in [1.82, 2.24) is 15.2 Å². The maximum atomic E-state index is 12.1. The van der Waals surface area contributed by atoms with Crippen LogP contribution in [0.5, 0.6) is 0 Å². The van der Waals surface area contributed by atoms with Gasteiger partial charge >= 0.3 is 0 Å². The van der Waals surface area contributed by atoms with Crippen LogP contribution < -0.4 is 10.2 Å². The van der Waals surface area contributed by atoms with Gasteiger partial charge in [0, 0.05) is 38.9 Å². The van der Waals surface area contributed by atoms with Crippen LogP contribution in [0.1, 0.15) is 5.56 Å². The quantitative estimate of drug-likeness (QED) is 0.868. The summed E-state index contributed by atoms with van der Waals surface area (Å²) in [5.41, 5.74) is 1.10. The summed E-state index contributed by atoms with van der Waals surface area (Å²) >= 11 is 12.1. The fourth-order valence-electron chi connectivity index (χ4n) is 2.81. The molecule has 1 aliphatic heterocycles. The molecule has 2 heterocycles. The highest BCUT2D eigenvalue weighted by molar-refractivity contribution is 6.36. The molecule has 3 rings (SSSR count). The highest BCUT2D eigenvalue weighted by atomic mass is 35.5. The number of rotatable bonds is 5. The highest BCUT2D eigenvalue weighted by Crippen LogP contribution is 2.26. The van der Waals surface area contributed by atoms with Gasteiger partial charge in [0.25, 0.3) is 0 Å². The second-order valence-corrected chi connectivity index (χ2v) is 6.83. The van der Waals surface area contributed by atoms with E-state index >= 15 is 0 Å². The number of amides is 1. The monoisotopic (exact) mass is 378 g/mol. The van der Waals surface area contributed by atoms with Crippen molar-refractivity contribution in [2.45, 2.75) is 6.54 Å². The molecule has 1 aromatic heterocycles. The summed E-state index contributed by atoms with van der Waals surface area (Å²) < 4.78 is 0. The summed E-state index contributed by atoms with van der Waals surface area (Å²) in [4.78, 5) is 20.7. The minimum Gasteiger partial charge on any atom is -0.353 e. The van der Waals surface area contributed by atoms with Gasteiger partial charge < -0.3 is 10.2 Å². The Morgan fingerprint density at radius 3 is 2.52 bits per heavy atom. The van der Waals surface area contributed by atoms with E-state index in [1.807, 2.05) is 30.3 Å². The third kappa shape index (κ3) is 5.08. The summed E-state index contributed by atoms with van der Waals surface area (Å²) in [7, 11) is 0. The van der Waals surface area contributed by atoms with E-state index < -0.39 is 0 Å². The number of hydrogen-bond donors (Lipinski definition) is 1. The molecule has 132 valence electrons. The summed E-state index contributed by atoms with van der Waals surface area (Å²) in [5, 5.41) is 4.05. The molecule has 0 bridgehead atoms. The molecule has 1 amide bonds. The molecule has 2 aromatic rings. The molecule has 0 atom stereocenters. The molecule has 1 aliphatic rings. The van der Waals surface area contributed by atoms with Crippen molar-refractivity contribution >= 4 is 34.9 Å². The van der Waals surface area contributed by atoms with E-state index in [2.05, 4.69) is 20.1 Å². The summed E-state index contributed by atoms with van der Waals surface area (Å²) in [6.45, 7) is 4.10. The lowest BCUT2D eigenvalue weighted by atomic mass is 10.2. The van der Waals surface area contributed by atoms with E-state index in [1.54, 1.807) is 12.3 Å². The van der Waals surface area contributed by atoms with Gasteiger partial charge in [-0.2, -0.15) is 0 Å². The van der Waals surface area contributed by atoms with Crippen molar-refractivity contribution in [3.05, 3.63) is 58.2 Å². The van der Waals surface area contributed by atoms with Crippen LogP contribution in [0, 0.1) is 0 Å². The normalized spacial score (nSPS) is 15.2. The first-order valence-corrected chi connectivity index (χ1v) is 8.96. The van der Waals surface area contributed by atoms with Crippen molar-refractivity contribution in [2.24, 2.45) is 0 Å². The van der Waals surface area contributed by atoms with Crippen LogP contribution in [0.15, 0.2) is 42.6 Å². The number of nitrogens with one attached hydrogen (secondary N) is 1. The fraction of sp³-hybridized carbons (Fsp3) is 0.333. The van der Waals surface area contributed by atoms with E-state index in [4.69, 9.17) is 23.2 Å². The number of halogens is 2. The van der Waals surface area contributed by atoms with Gasteiger partial charge in [0.05, 0.1) is 16.6 Å². The Balaban J connectivity index is 1.45. The third-order valence-corrected chi connectivity index (χ3v) is 4.64. The first-order valence-electron chi connectivity index (χ1n) is 8.21. The lowest BCUT2D eigenvalue weighted by molar-refractivity contribution is -0.122. The summed E-state index contributed by atoms with van der Waals surface area (Å²) in [6.07, 6.45) is 1.60. The number of piperazine rings is 1. The first-order chi connectivity index (χ1) is 12.1. The van der Waals surface area contributed by atoms with Crippen LogP contribution in [0.2, 0.25) is 10.0 Å². The molecule has 5 nitrogen and oxygen atoms in total. The molecule has 0 spiro atoms. The first kappa shape index (κ1) is 18.0. The van der Waals surface area contributed by atoms with Crippen molar-refractivity contribution < 1.29 is 4.79 Å². The number of pyridine rings is 1. The van der Waals surface area contributed by atoms with Gasteiger partial charge in [-0.1, -0.05) is 53.5 Å². The van der Waals surface area contributed by atoms with Crippen LogP contribution in [0.4, 0.5) is 5.82 Å². The van der Waals surface area contributed by atoms with Gasteiger partial charge in [-0.25, -0.2) is 4.98 Å². The molecule has 1 N–H and O–H groups in total. The molecule has 1 aromatic carbocycles. The van der Waals surface area contributed by atoms with Gasteiger partial charge in [-0.3, -0.25) is 9.69 Å². The fourth-order valence-corrected chi connectivity index (χ4v) is 3.31. The Bertz CT molecular complexity index is 718. The SMILES string of the molecule is O=C(CN1CCN(c2ncc(Cl)cc2Cl)CC1)NCc1ccccc1. The van der Waals surface area contributed by atoms with Gasteiger partial charge in [0.15, 0.2) is 0 Å². The van der Waals surface area contributed by atoms with Gasteiger partial charge in [-0.05, 0) is 11.6 Å². The Morgan fingerprint density at radius 2 is 1.84 bits per heavy atom. The van der Waals surface area contributed by atoms with Gasteiger partial charge in [-0.15, -0.1) is 0 Å². The number of hydrogen-bond acceptors (Lipinski definition) is 4. The zero-order valence-corrected chi connectivity index (χ0v) is 15.3. The smallest absolute Gasteiger partial charge is 0.234 e. The predicted molar refractivity (Wildman–Crippen MR) is 101 cm³/mol. The van der Waals surface area contributed by atoms with Crippen LogP contribution in [0.25, 0.3) is 0 Å². The lowest BCUT2D eigenvalue weighted by Crippen LogP contribution is -2.49. The Kier molecular flexibility index (Phi) is 6.13. The average Bonchev–Trinajstić information content (AvgIpc) is 2.62. The van der Waals surface area contributed by atoms with Crippen molar-refractivity contribution in [3.63, 3.8) is 0 Å². The molecule has 1 saturated heterocycles. The van der Waals surface area contributed by atoms with Crippen molar-refractivity contribution in [2.75, 3.05) is 37.6 Å². The molecular formula is C18H20Cl2N4O. The molecule has 1 fully saturated rings. The predicted octanol–water partition coefficient (Wildman–Crippen LogP) is 2.83. The van der Waals surface area contributed by atoms with Crippen molar-refractivity contribution in [1.29, 1.82) is 0 Å². The zero-order valence-electron chi connectivity index (χ0n) is 13.8. The van der Waals surface area contributed by atoms with Crippen LogP contribution in [-0.2, 0) is 11.3 Å². The number of anilines is 1. The molecular weight excluding hydrogens is 359 g/mol. The largest absolute Gasteiger partial charge is 0.353 e. The van der Waals surface area contributed by atoms with E-state index in [0.29, 0.717) is 23.1 Å². The van der Waals surface area contributed by atoms with E-state index in [9.17, 15) is 4.79 Å². The Hall–Kier alpha value is -1.82. The molecule has 0 unspecified atom stereocenters. The second-order valence-electron chi connectivity index (χ2n) is 5.98. The van der Waals surface area contributed by atoms with Gasteiger partial charge in [0.1, 0.15) is 5.82 Å². The molecule has 0 saturated carbocycles. The lowest BCUT2D eigenvalue weighted by Gasteiger charge is -2.35. The second kappa shape index (κ2) is 8.52. The number of benzene rings is 1. The van der Waals surface area contributed by atoms with Crippen molar-refractivity contribution in [3.8, 4) is 0 Å². The summed E-state index contributed by atoms with van der Waals surface area (Å²) in [6, 6.07) is 11.6. The van der Waals surface area contributed by atoms with Gasteiger partial charge in [0.2, 0.25) is 5.91 Å². The van der Waals surface area contributed by atoms with E-state index in [0.717, 1.165) is 37.6 Å². The number of carbonyl (C=O) groups is 1. The minimum atomic E-state index is 0.0416. The highest BCUT2D eigenvalue weighted by Gasteiger charge is 2.21. The van der Waals surface area contributed by atoms with E-state index in [-0.39, 0.29) is 5.91 Å². The maximum absolute atomic E-state index is 12.1. The minimum absolute atomic E-state index is 0.0416. The topological polar surface area (TPSA) is 48.5 Å². The Morgan fingerprint density at radius 1 is 1.12 bits per heavy atom. The standard InChI is InChI=1S/C18H20Cl2N4O/c19-15-10-16(20)18(22-12-15)24-8-6-23(7-9-24)13-17(25)21-11-14-4-2-1-3-5-14/h1-5,10,12H,6-9,11,13H2,(H,21,25). The number of aromatic nitrogens is 1. The average molecular weight is 379 g/mol. The van der Waals surface area contributed by atoms with Crippen LogP contribution in [-0.4, -0.2) is 48.5 Å². The molecule has 0 radical (unpaired) electrons.